The number of hydrogen-bond donors (Lipinski definition) is 1. The number of halogens is 4. The van der Waals surface area contributed by atoms with Gasteiger partial charge in [0.15, 0.2) is 0 Å². The van der Waals surface area contributed by atoms with Crippen LogP contribution in [-0.4, -0.2) is 17.8 Å². The molecular formula is C12H14F4O2. The van der Waals surface area contributed by atoms with Gasteiger partial charge in [-0.3, -0.25) is 0 Å². The monoisotopic (exact) mass is 266 g/mol. The van der Waals surface area contributed by atoms with E-state index in [0.717, 1.165) is 12.1 Å². The van der Waals surface area contributed by atoms with E-state index in [0.29, 0.717) is 6.07 Å². The summed E-state index contributed by atoms with van der Waals surface area (Å²) in [7, 11) is 0. The Balaban J connectivity index is 2.96. The van der Waals surface area contributed by atoms with Crippen LogP contribution >= 0.6 is 0 Å². The molecule has 0 aliphatic carbocycles. The van der Waals surface area contributed by atoms with Crippen molar-refractivity contribution in [3.8, 4) is 0 Å². The molecule has 18 heavy (non-hydrogen) atoms. The molecule has 0 saturated carbocycles. The Morgan fingerprint density at radius 2 is 1.89 bits per heavy atom. The number of alkyl halides is 3. The van der Waals surface area contributed by atoms with Gasteiger partial charge in [0.2, 0.25) is 0 Å². The molecule has 1 aromatic rings. The van der Waals surface area contributed by atoms with Crippen LogP contribution in [-0.2, 0) is 10.9 Å². The topological polar surface area (TPSA) is 29.5 Å². The smallest absolute Gasteiger partial charge is 0.386 e. The Kier molecular flexibility index (Phi) is 4.70. The second kappa shape index (κ2) is 5.67. The zero-order valence-corrected chi connectivity index (χ0v) is 9.96. The van der Waals surface area contributed by atoms with Crippen molar-refractivity contribution in [2.24, 2.45) is 0 Å². The highest BCUT2D eigenvalue weighted by molar-refractivity contribution is 5.29. The molecule has 0 radical (unpaired) electrons. The molecule has 1 rings (SSSR count). The molecule has 0 fully saturated rings. The van der Waals surface area contributed by atoms with Gasteiger partial charge in [0.1, 0.15) is 11.9 Å². The van der Waals surface area contributed by atoms with Gasteiger partial charge in [-0.05, 0) is 19.9 Å². The summed E-state index contributed by atoms with van der Waals surface area (Å²) in [6.07, 6.45) is -6.40. The van der Waals surface area contributed by atoms with Crippen LogP contribution in [0.4, 0.5) is 17.6 Å². The first kappa shape index (κ1) is 14.9. The van der Waals surface area contributed by atoms with Crippen LogP contribution in [0.15, 0.2) is 18.2 Å². The summed E-state index contributed by atoms with van der Waals surface area (Å²) in [4.78, 5) is 0. The summed E-state index contributed by atoms with van der Waals surface area (Å²) in [5.41, 5.74) is -1.80. The van der Waals surface area contributed by atoms with Crippen molar-refractivity contribution in [3.05, 3.63) is 35.1 Å². The number of ether oxygens (including phenoxy) is 1. The third-order valence-electron chi connectivity index (χ3n) is 2.28. The Bertz CT molecular complexity index is 402. The first-order valence-electron chi connectivity index (χ1n) is 5.38. The molecule has 0 aliphatic rings. The zero-order valence-electron chi connectivity index (χ0n) is 9.96. The fraction of sp³-hybridized carbons (Fsp3) is 0.500. The normalized spacial score (nSPS) is 14.0. The number of aliphatic hydroxyl groups is 1. The zero-order chi connectivity index (χ0) is 13.9. The molecule has 0 amide bonds. The minimum absolute atomic E-state index is 0.200. The lowest BCUT2D eigenvalue weighted by molar-refractivity contribution is -0.140. The summed E-state index contributed by atoms with van der Waals surface area (Å²) >= 11 is 0. The maximum Gasteiger partial charge on any atom is 0.419 e. The molecular weight excluding hydrogens is 252 g/mol. The van der Waals surface area contributed by atoms with E-state index in [1.807, 2.05) is 0 Å². The highest BCUT2D eigenvalue weighted by Crippen LogP contribution is 2.33. The van der Waals surface area contributed by atoms with Gasteiger partial charge in [-0.1, -0.05) is 12.1 Å². The number of benzene rings is 1. The molecule has 0 aromatic heterocycles. The number of aliphatic hydroxyl groups excluding tert-OH is 1. The van der Waals surface area contributed by atoms with Gasteiger partial charge >= 0.3 is 6.18 Å². The largest absolute Gasteiger partial charge is 0.419 e. The lowest BCUT2D eigenvalue weighted by atomic mass is 10.0. The summed E-state index contributed by atoms with van der Waals surface area (Å²) in [5.74, 6) is -1.45. The maximum atomic E-state index is 13.6. The highest BCUT2D eigenvalue weighted by atomic mass is 19.4. The van der Waals surface area contributed by atoms with Crippen LogP contribution in [0.2, 0.25) is 0 Å². The average Bonchev–Trinajstić information content (AvgIpc) is 2.24. The summed E-state index contributed by atoms with van der Waals surface area (Å²) in [5, 5.41) is 9.61. The third-order valence-corrected chi connectivity index (χ3v) is 2.28. The molecule has 1 aromatic carbocycles. The SMILES string of the molecule is CC(C)OCC(O)c1cccc(C(F)(F)F)c1F. The van der Waals surface area contributed by atoms with Gasteiger partial charge in [-0.25, -0.2) is 4.39 Å². The Hall–Kier alpha value is -1.14. The van der Waals surface area contributed by atoms with Crippen LogP contribution in [0.25, 0.3) is 0 Å². The predicted octanol–water partition coefficient (Wildman–Crippen LogP) is 3.30. The van der Waals surface area contributed by atoms with E-state index in [9.17, 15) is 22.7 Å². The fourth-order valence-corrected chi connectivity index (χ4v) is 1.40. The van der Waals surface area contributed by atoms with Gasteiger partial charge in [-0.2, -0.15) is 13.2 Å². The molecule has 2 nitrogen and oxygen atoms in total. The van der Waals surface area contributed by atoms with Crippen LogP contribution in [0.3, 0.4) is 0 Å². The fourth-order valence-electron chi connectivity index (χ4n) is 1.40. The van der Waals surface area contributed by atoms with Crippen LogP contribution < -0.4 is 0 Å². The lowest BCUT2D eigenvalue weighted by Crippen LogP contribution is -2.16. The van der Waals surface area contributed by atoms with Crippen LogP contribution in [0.5, 0.6) is 0 Å². The van der Waals surface area contributed by atoms with Crippen molar-refractivity contribution >= 4 is 0 Å². The Morgan fingerprint density at radius 1 is 1.28 bits per heavy atom. The molecule has 0 saturated heterocycles. The average molecular weight is 266 g/mol. The van der Waals surface area contributed by atoms with Crippen LogP contribution in [0.1, 0.15) is 31.1 Å². The molecule has 1 N–H and O–H groups in total. The minimum Gasteiger partial charge on any atom is -0.386 e. The van der Waals surface area contributed by atoms with Crippen molar-refractivity contribution in [1.82, 2.24) is 0 Å². The second-order valence-corrected chi connectivity index (χ2v) is 4.10. The summed E-state index contributed by atoms with van der Waals surface area (Å²) < 4.78 is 56.0. The van der Waals surface area contributed by atoms with Crippen molar-refractivity contribution in [3.63, 3.8) is 0 Å². The molecule has 0 spiro atoms. The van der Waals surface area contributed by atoms with Crippen molar-refractivity contribution in [2.45, 2.75) is 32.2 Å². The molecule has 102 valence electrons. The molecule has 1 atom stereocenters. The van der Waals surface area contributed by atoms with E-state index in [1.165, 1.54) is 0 Å². The minimum atomic E-state index is -4.78. The van der Waals surface area contributed by atoms with E-state index >= 15 is 0 Å². The molecule has 0 heterocycles. The molecule has 6 heteroatoms. The molecule has 1 unspecified atom stereocenters. The van der Waals surface area contributed by atoms with Gasteiger partial charge in [0.25, 0.3) is 0 Å². The standard InChI is InChI=1S/C12H14F4O2/c1-7(2)18-6-10(17)8-4-3-5-9(11(8)13)12(14,15)16/h3-5,7,10,17H,6H2,1-2H3. The quantitative estimate of drug-likeness (QED) is 0.847. The predicted molar refractivity (Wildman–Crippen MR) is 57.4 cm³/mol. The maximum absolute atomic E-state index is 13.6. The highest BCUT2D eigenvalue weighted by Gasteiger charge is 2.35. The van der Waals surface area contributed by atoms with Crippen LogP contribution in [0, 0.1) is 5.82 Å². The first-order chi connectivity index (χ1) is 8.23. The number of hydrogen-bond acceptors (Lipinski definition) is 2. The molecule has 0 aliphatic heterocycles. The van der Waals surface area contributed by atoms with E-state index in [4.69, 9.17) is 4.74 Å². The van der Waals surface area contributed by atoms with E-state index in [-0.39, 0.29) is 12.7 Å². The van der Waals surface area contributed by atoms with Crippen molar-refractivity contribution in [1.29, 1.82) is 0 Å². The Morgan fingerprint density at radius 3 is 2.39 bits per heavy atom. The van der Waals surface area contributed by atoms with Crippen molar-refractivity contribution < 1.29 is 27.4 Å². The van der Waals surface area contributed by atoms with Gasteiger partial charge in [-0.15, -0.1) is 0 Å². The van der Waals surface area contributed by atoms with E-state index in [2.05, 4.69) is 0 Å². The third kappa shape index (κ3) is 3.68. The summed E-state index contributed by atoms with van der Waals surface area (Å²) in [6, 6.07) is 2.80. The first-order valence-corrected chi connectivity index (χ1v) is 5.38. The van der Waals surface area contributed by atoms with Gasteiger partial charge in [0, 0.05) is 5.56 Å². The van der Waals surface area contributed by atoms with E-state index < -0.39 is 29.2 Å². The van der Waals surface area contributed by atoms with E-state index in [1.54, 1.807) is 13.8 Å². The summed E-state index contributed by atoms with van der Waals surface area (Å²) in [6.45, 7) is 3.15. The van der Waals surface area contributed by atoms with Gasteiger partial charge in [0.05, 0.1) is 18.3 Å². The van der Waals surface area contributed by atoms with Crippen molar-refractivity contribution in [2.75, 3.05) is 6.61 Å². The lowest BCUT2D eigenvalue weighted by Gasteiger charge is -2.16. The Labute approximate surface area is 102 Å². The van der Waals surface area contributed by atoms with Gasteiger partial charge < -0.3 is 9.84 Å². The molecule has 0 bridgehead atoms. The number of rotatable bonds is 4. The second-order valence-electron chi connectivity index (χ2n) is 4.10.